The summed E-state index contributed by atoms with van der Waals surface area (Å²) in [7, 11) is -0.329. The van der Waals surface area contributed by atoms with Crippen LogP contribution >= 0.6 is 11.3 Å². The van der Waals surface area contributed by atoms with Crippen LogP contribution in [-0.2, 0) is 14.8 Å². The zero-order valence-electron chi connectivity index (χ0n) is 12.2. The maximum atomic E-state index is 12.1. The maximum absolute atomic E-state index is 12.1. The third-order valence-electron chi connectivity index (χ3n) is 3.35. The molecule has 1 fully saturated rings. The summed E-state index contributed by atoms with van der Waals surface area (Å²) in [6.45, 7) is 2.48. The Bertz CT molecular complexity index is 612. The van der Waals surface area contributed by atoms with Gasteiger partial charge in [-0.3, -0.25) is 4.79 Å². The van der Waals surface area contributed by atoms with Gasteiger partial charge in [0, 0.05) is 25.4 Å². The number of nitrogens with zero attached hydrogens (tertiary/aromatic N) is 2. The van der Waals surface area contributed by atoms with Gasteiger partial charge in [0.15, 0.2) is 0 Å². The van der Waals surface area contributed by atoms with Gasteiger partial charge in [0.2, 0.25) is 10.0 Å². The quantitative estimate of drug-likeness (QED) is 0.825. The van der Waals surface area contributed by atoms with E-state index in [1.165, 1.54) is 29.7 Å². The molecule has 1 N–H and O–H groups in total. The molecule has 2 atom stereocenters. The molecule has 9 heteroatoms. The third kappa shape index (κ3) is 4.00. The third-order valence-corrected chi connectivity index (χ3v) is 6.08. The minimum Gasteiger partial charge on any atom is -0.379 e. The minimum absolute atomic E-state index is 0.0406. The number of rotatable bonds is 5. The fraction of sp³-hybridized carbons (Fsp3) is 0.667. The van der Waals surface area contributed by atoms with Crippen LogP contribution in [0.1, 0.15) is 15.5 Å². The van der Waals surface area contributed by atoms with Crippen LogP contribution < -0.4 is 5.32 Å². The zero-order chi connectivity index (χ0) is 15.6. The summed E-state index contributed by atoms with van der Waals surface area (Å²) in [4.78, 5) is 16.2. The first-order valence-corrected chi connectivity index (χ1v) is 8.99. The molecular formula is C12H19N3O4S2. The fourth-order valence-electron chi connectivity index (χ4n) is 2.05. The standard InChI is InChI=1S/C12H19N3O4S2/c1-8-13-11(6-20-8)12(16)14-10-5-19-4-9(10)7-21(17,18)15(2)3/h6,9-10H,4-5,7H2,1-3H3,(H,14,16)/t9-,10+/m0/s1. The van der Waals surface area contributed by atoms with Gasteiger partial charge >= 0.3 is 0 Å². The van der Waals surface area contributed by atoms with Crippen molar-refractivity contribution in [2.24, 2.45) is 5.92 Å². The topological polar surface area (TPSA) is 88.6 Å². The maximum Gasteiger partial charge on any atom is 0.271 e. The molecule has 1 aliphatic heterocycles. The normalized spacial score (nSPS) is 22.7. The van der Waals surface area contributed by atoms with Crippen molar-refractivity contribution in [2.45, 2.75) is 13.0 Å². The summed E-state index contributed by atoms with van der Waals surface area (Å²) >= 11 is 1.40. The van der Waals surface area contributed by atoms with E-state index in [2.05, 4.69) is 10.3 Å². The van der Waals surface area contributed by atoms with E-state index in [4.69, 9.17) is 4.74 Å². The number of hydrogen-bond donors (Lipinski definition) is 1. The van der Waals surface area contributed by atoms with Gasteiger partial charge in [0.25, 0.3) is 5.91 Å². The number of aromatic nitrogens is 1. The van der Waals surface area contributed by atoms with Gasteiger partial charge < -0.3 is 10.1 Å². The summed E-state index contributed by atoms with van der Waals surface area (Å²) in [5, 5.41) is 5.32. The molecule has 0 spiro atoms. The SMILES string of the molecule is Cc1nc(C(=O)N[C@@H]2COC[C@H]2CS(=O)(=O)N(C)C)cs1. The van der Waals surface area contributed by atoms with E-state index >= 15 is 0 Å². The van der Waals surface area contributed by atoms with Crippen LogP contribution in [-0.4, -0.2) is 62.7 Å². The number of aryl methyl sites for hydroxylation is 1. The first-order valence-electron chi connectivity index (χ1n) is 6.50. The molecule has 2 heterocycles. The van der Waals surface area contributed by atoms with Gasteiger partial charge in [0.05, 0.1) is 30.0 Å². The highest BCUT2D eigenvalue weighted by Crippen LogP contribution is 2.18. The van der Waals surface area contributed by atoms with Crippen molar-refractivity contribution in [1.29, 1.82) is 0 Å². The van der Waals surface area contributed by atoms with Crippen LogP contribution in [0.25, 0.3) is 0 Å². The second-order valence-electron chi connectivity index (χ2n) is 5.19. The molecule has 118 valence electrons. The Labute approximate surface area is 128 Å². The number of thiazole rings is 1. The van der Waals surface area contributed by atoms with Crippen LogP contribution in [0, 0.1) is 12.8 Å². The Morgan fingerprint density at radius 1 is 1.52 bits per heavy atom. The summed E-state index contributed by atoms with van der Waals surface area (Å²) in [5.41, 5.74) is 0.360. The van der Waals surface area contributed by atoms with Crippen LogP contribution in [0.4, 0.5) is 0 Å². The Kier molecular flexibility index (Phi) is 4.97. The second-order valence-corrected chi connectivity index (χ2v) is 8.48. The number of nitrogens with one attached hydrogen (secondary N) is 1. The lowest BCUT2D eigenvalue weighted by Crippen LogP contribution is -2.43. The van der Waals surface area contributed by atoms with E-state index in [0.717, 1.165) is 5.01 Å². The molecule has 1 aliphatic rings. The molecule has 2 rings (SSSR count). The van der Waals surface area contributed by atoms with Crippen molar-refractivity contribution >= 4 is 27.3 Å². The van der Waals surface area contributed by atoms with Crippen LogP contribution in [0.3, 0.4) is 0 Å². The number of carbonyl (C=O) groups is 1. The molecule has 1 saturated heterocycles. The van der Waals surface area contributed by atoms with Crippen molar-refractivity contribution in [3.63, 3.8) is 0 Å². The van der Waals surface area contributed by atoms with E-state index < -0.39 is 10.0 Å². The first-order chi connectivity index (χ1) is 9.79. The minimum atomic E-state index is -3.32. The average molecular weight is 333 g/mol. The molecule has 0 radical (unpaired) electrons. The van der Waals surface area contributed by atoms with Crippen LogP contribution in [0.5, 0.6) is 0 Å². The predicted molar refractivity (Wildman–Crippen MR) is 79.9 cm³/mol. The Balaban J connectivity index is 2.01. The van der Waals surface area contributed by atoms with Gasteiger partial charge in [-0.05, 0) is 6.92 Å². The summed E-state index contributed by atoms with van der Waals surface area (Å²) < 4.78 is 30.4. The van der Waals surface area contributed by atoms with Crippen molar-refractivity contribution in [1.82, 2.24) is 14.6 Å². The fourth-order valence-corrected chi connectivity index (χ4v) is 3.81. The molecule has 0 aromatic carbocycles. The summed E-state index contributed by atoms with van der Waals surface area (Å²) in [5.74, 6) is -0.579. The molecular weight excluding hydrogens is 314 g/mol. The number of carbonyl (C=O) groups excluding carboxylic acids is 1. The van der Waals surface area contributed by atoms with Crippen molar-refractivity contribution in [3.8, 4) is 0 Å². The van der Waals surface area contributed by atoms with Gasteiger partial charge in [0.1, 0.15) is 5.69 Å². The zero-order valence-corrected chi connectivity index (χ0v) is 13.8. The molecule has 0 saturated carbocycles. The molecule has 0 unspecified atom stereocenters. The predicted octanol–water partition coefficient (Wildman–Crippen LogP) is 0.0877. The van der Waals surface area contributed by atoms with Crippen LogP contribution in [0.15, 0.2) is 5.38 Å². The van der Waals surface area contributed by atoms with E-state index in [1.54, 1.807) is 5.38 Å². The highest BCUT2D eigenvalue weighted by molar-refractivity contribution is 7.89. The van der Waals surface area contributed by atoms with Gasteiger partial charge in [-0.2, -0.15) is 0 Å². The van der Waals surface area contributed by atoms with E-state index in [-0.39, 0.29) is 23.6 Å². The summed E-state index contributed by atoms with van der Waals surface area (Å²) in [6.07, 6.45) is 0. The van der Waals surface area contributed by atoms with Gasteiger partial charge in [-0.25, -0.2) is 17.7 Å². The Morgan fingerprint density at radius 3 is 2.81 bits per heavy atom. The molecule has 7 nitrogen and oxygen atoms in total. The van der Waals surface area contributed by atoms with Crippen molar-refractivity contribution < 1.29 is 17.9 Å². The Hall–Kier alpha value is -1.03. The van der Waals surface area contributed by atoms with E-state index in [0.29, 0.717) is 18.9 Å². The number of hydrogen-bond acceptors (Lipinski definition) is 6. The molecule has 1 amide bonds. The van der Waals surface area contributed by atoms with Gasteiger partial charge in [-0.1, -0.05) is 0 Å². The molecule has 0 aliphatic carbocycles. The first kappa shape index (κ1) is 16.3. The van der Waals surface area contributed by atoms with Crippen molar-refractivity contribution in [2.75, 3.05) is 33.1 Å². The highest BCUT2D eigenvalue weighted by Gasteiger charge is 2.34. The lowest BCUT2D eigenvalue weighted by molar-refractivity contribution is 0.0921. The monoisotopic (exact) mass is 333 g/mol. The van der Waals surface area contributed by atoms with E-state index in [9.17, 15) is 13.2 Å². The second kappa shape index (κ2) is 6.39. The van der Waals surface area contributed by atoms with Gasteiger partial charge in [-0.15, -0.1) is 11.3 Å². The Morgan fingerprint density at radius 2 is 2.24 bits per heavy atom. The van der Waals surface area contributed by atoms with E-state index in [1.807, 2.05) is 6.92 Å². The highest BCUT2D eigenvalue weighted by atomic mass is 32.2. The molecule has 21 heavy (non-hydrogen) atoms. The summed E-state index contributed by atoms with van der Waals surface area (Å²) in [6, 6.07) is -0.311. The number of amides is 1. The average Bonchev–Trinajstić information content (AvgIpc) is 2.99. The molecule has 0 bridgehead atoms. The number of ether oxygens (including phenoxy) is 1. The number of sulfonamides is 1. The van der Waals surface area contributed by atoms with Crippen molar-refractivity contribution in [3.05, 3.63) is 16.1 Å². The lowest BCUT2D eigenvalue weighted by Gasteiger charge is -2.20. The lowest BCUT2D eigenvalue weighted by atomic mass is 10.1. The largest absolute Gasteiger partial charge is 0.379 e. The molecule has 1 aromatic heterocycles. The molecule has 1 aromatic rings. The smallest absolute Gasteiger partial charge is 0.271 e. The van der Waals surface area contributed by atoms with Crippen LogP contribution in [0.2, 0.25) is 0 Å².